The zero-order chi connectivity index (χ0) is 18.9. The number of likely N-dealkylation sites (N-methyl/N-ethyl adjacent to an activating group) is 1. The van der Waals surface area contributed by atoms with E-state index in [1.165, 1.54) is 5.75 Å². The molecule has 1 aliphatic rings. The fraction of sp³-hybridized carbons (Fsp3) is 0.667. The van der Waals surface area contributed by atoms with Crippen LogP contribution in [0.15, 0.2) is 24.3 Å². The lowest BCUT2D eigenvalue weighted by Gasteiger charge is -2.34. The van der Waals surface area contributed by atoms with Crippen LogP contribution in [-0.2, 0) is 11.2 Å². The Balaban J connectivity index is 1.75. The normalized spacial score (nSPS) is 16.7. The first-order chi connectivity index (χ1) is 12.5. The van der Waals surface area contributed by atoms with Gasteiger partial charge >= 0.3 is 0 Å². The molecule has 1 aliphatic heterocycles. The predicted molar refractivity (Wildman–Crippen MR) is 114 cm³/mol. The Morgan fingerprint density at radius 3 is 2.31 bits per heavy atom. The number of rotatable bonds is 9. The van der Waals surface area contributed by atoms with E-state index in [9.17, 15) is 4.79 Å². The van der Waals surface area contributed by atoms with Crippen LogP contribution < -0.4 is 5.32 Å². The average Bonchev–Trinajstić information content (AvgIpc) is 2.63. The molecule has 1 unspecified atom stereocenters. The molecule has 5 heteroatoms. The summed E-state index contributed by atoms with van der Waals surface area (Å²) in [5.41, 5.74) is 2.23. The van der Waals surface area contributed by atoms with Crippen molar-refractivity contribution < 1.29 is 4.79 Å². The minimum Gasteiger partial charge on any atom is -0.382 e. The van der Waals surface area contributed by atoms with Gasteiger partial charge in [0.25, 0.3) is 0 Å². The van der Waals surface area contributed by atoms with Crippen LogP contribution in [0.4, 0.5) is 5.69 Å². The number of hydrogen-bond donors (Lipinski definition) is 1. The first-order valence-electron chi connectivity index (χ1n) is 9.91. The van der Waals surface area contributed by atoms with Gasteiger partial charge in [-0.1, -0.05) is 32.9 Å². The van der Waals surface area contributed by atoms with Gasteiger partial charge in [0.1, 0.15) is 0 Å². The topological polar surface area (TPSA) is 35.6 Å². The van der Waals surface area contributed by atoms with Gasteiger partial charge < -0.3 is 15.1 Å². The van der Waals surface area contributed by atoms with E-state index in [1.807, 2.05) is 16.7 Å². The molecule has 146 valence electrons. The van der Waals surface area contributed by atoms with Crippen LogP contribution in [0.2, 0.25) is 0 Å². The van der Waals surface area contributed by atoms with Gasteiger partial charge in [-0.25, -0.2) is 0 Å². The second-order valence-electron chi connectivity index (χ2n) is 7.67. The van der Waals surface area contributed by atoms with E-state index < -0.39 is 0 Å². The van der Waals surface area contributed by atoms with Crippen LogP contribution in [0, 0.1) is 5.92 Å². The molecule has 0 spiro atoms. The molecule has 1 aromatic rings. The maximum Gasteiger partial charge on any atom is 0.227 e. The van der Waals surface area contributed by atoms with E-state index >= 15 is 0 Å². The van der Waals surface area contributed by atoms with Crippen molar-refractivity contribution in [3.05, 3.63) is 29.8 Å². The molecule has 1 N–H and O–H groups in total. The van der Waals surface area contributed by atoms with Crippen LogP contribution in [0.25, 0.3) is 0 Å². The Morgan fingerprint density at radius 1 is 1.08 bits per heavy atom. The fourth-order valence-corrected chi connectivity index (χ4v) is 4.17. The van der Waals surface area contributed by atoms with E-state index in [-0.39, 0.29) is 5.91 Å². The van der Waals surface area contributed by atoms with Gasteiger partial charge in [0.05, 0.1) is 6.42 Å². The van der Waals surface area contributed by atoms with E-state index in [2.05, 4.69) is 62.2 Å². The molecule has 0 aromatic heterocycles. The first kappa shape index (κ1) is 21.1. The van der Waals surface area contributed by atoms with Crippen LogP contribution >= 0.6 is 11.8 Å². The Morgan fingerprint density at radius 2 is 1.73 bits per heavy atom. The number of thioether (sulfide) groups is 1. The van der Waals surface area contributed by atoms with Gasteiger partial charge in [0, 0.05) is 43.7 Å². The Kier molecular flexibility index (Phi) is 8.79. The summed E-state index contributed by atoms with van der Waals surface area (Å²) in [7, 11) is 0. The Labute approximate surface area is 163 Å². The monoisotopic (exact) mass is 377 g/mol. The molecule has 1 atom stereocenters. The molecule has 1 amide bonds. The number of benzene rings is 1. The quantitative estimate of drug-likeness (QED) is 0.713. The summed E-state index contributed by atoms with van der Waals surface area (Å²) in [6.07, 6.45) is 0.506. The average molecular weight is 378 g/mol. The third-order valence-corrected chi connectivity index (χ3v) is 6.35. The molecule has 26 heavy (non-hydrogen) atoms. The molecule has 0 radical (unpaired) electrons. The van der Waals surface area contributed by atoms with Crippen molar-refractivity contribution in [1.82, 2.24) is 9.80 Å². The van der Waals surface area contributed by atoms with E-state index in [1.54, 1.807) is 0 Å². The van der Waals surface area contributed by atoms with Crippen LogP contribution in [-0.4, -0.2) is 66.0 Å². The van der Waals surface area contributed by atoms with Crippen molar-refractivity contribution in [3.63, 3.8) is 0 Å². The highest BCUT2D eigenvalue weighted by Gasteiger charge is 2.20. The van der Waals surface area contributed by atoms with Gasteiger partial charge in [-0.2, -0.15) is 11.8 Å². The van der Waals surface area contributed by atoms with Crippen molar-refractivity contribution in [3.8, 4) is 0 Å². The molecule has 1 heterocycles. The number of carbonyl (C=O) groups is 1. The van der Waals surface area contributed by atoms with Gasteiger partial charge in [0.15, 0.2) is 0 Å². The largest absolute Gasteiger partial charge is 0.382 e. The summed E-state index contributed by atoms with van der Waals surface area (Å²) in [5, 5.41) is 3.55. The molecule has 0 aliphatic carbocycles. The van der Waals surface area contributed by atoms with Crippen LogP contribution in [0.5, 0.6) is 0 Å². The van der Waals surface area contributed by atoms with Gasteiger partial charge in [-0.15, -0.1) is 0 Å². The molecule has 0 saturated carbocycles. The highest BCUT2D eigenvalue weighted by atomic mass is 32.2. The molecule has 2 rings (SSSR count). The standard InChI is InChI=1S/C21H35N3OS/c1-5-23-10-12-24(13-11-23)21(25)14-19-6-8-20(9-7-19)22-18(4)16-26-15-17(2)3/h6-9,17-18,22H,5,10-16H2,1-4H3. The Bertz CT molecular complexity index is 539. The zero-order valence-electron chi connectivity index (χ0n) is 16.8. The van der Waals surface area contributed by atoms with Gasteiger partial charge in [0.2, 0.25) is 5.91 Å². The minimum atomic E-state index is 0.250. The molecule has 1 aromatic carbocycles. The molecule has 0 bridgehead atoms. The summed E-state index contributed by atoms with van der Waals surface area (Å²) >= 11 is 2.00. The second-order valence-corrected chi connectivity index (χ2v) is 8.74. The summed E-state index contributed by atoms with van der Waals surface area (Å²) in [6.45, 7) is 13.7. The van der Waals surface area contributed by atoms with Crippen molar-refractivity contribution in [2.75, 3.05) is 49.5 Å². The number of amides is 1. The fourth-order valence-electron chi connectivity index (χ4n) is 3.13. The summed E-state index contributed by atoms with van der Waals surface area (Å²) in [4.78, 5) is 16.9. The minimum absolute atomic E-state index is 0.250. The van der Waals surface area contributed by atoms with Gasteiger partial charge in [-0.3, -0.25) is 4.79 Å². The lowest BCUT2D eigenvalue weighted by molar-refractivity contribution is -0.132. The maximum absolute atomic E-state index is 12.5. The summed E-state index contributed by atoms with van der Waals surface area (Å²) in [5.74, 6) is 3.32. The lowest BCUT2D eigenvalue weighted by Crippen LogP contribution is -2.48. The smallest absolute Gasteiger partial charge is 0.227 e. The van der Waals surface area contributed by atoms with Crippen LogP contribution in [0.3, 0.4) is 0 Å². The first-order valence-corrected chi connectivity index (χ1v) is 11.1. The number of anilines is 1. The van der Waals surface area contributed by atoms with Crippen molar-refractivity contribution >= 4 is 23.4 Å². The zero-order valence-corrected chi connectivity index (χ0v) is 17.6. The molecular formula is C21H35N3OS. The van der Waals surface area contributed by atoms with Crippen molar-refractivity contribution in [1.29, 1.82) is 0 Å². The number of piperazine rings is 1. The second kappa shape index (κ2) is 10.8. The molecule has 1 saturated heterocycles. The molecular weight excluding hydrogens is 342 g/mol. The third kappa shape index (κ3) is 7.20. The van der Waals surface area contributed by atoms with Crippen molar-refractivity contribution in [2.24, 2.45) is 5.92 Å². The van der Waals surface area contributed by atoms with E-state index in [0.29, 0.717) is 12.5 Å². The number of hydrogen-bond acceptors (Lipinski definition) is 4. The predicted octanol–water partition coefficient (Wildman–Crippen LogP) is 3.58. The number of carbonyl (C=O) groups excluding carboxylic acids is 1. The molecule has 1 fully saturated rings. The number of nitrogens with one attached hydrogen (secondary N) is 1. The Hall–Kier alpha value is -1.20. The van der Waals surface area contributed by atoms with E-state index in [4.69, 9.17) is 0 Å². The van der Waals surface area contributed by atoms with Crippen LogP contribution in [0.1, 0.15) is 33.3 Å². The highest BCUT2D eigenvalue weighted by molar-refractivity contribution is 7.99. The van der Waals surface area contributed by atoms with E-state index in [0.717, 1.165) is 55.6 Å². The highest BCUT2D eigenvalue weighted by Crippen LogP contribution is 2.15. The third-order valence-electron chi connectivity index (χ3n) is 4.71. The SMILES string of the molecule is CCN1CCN(C(=O)Cc2ccc(NC(C)CSCC(C)C)cc2)CC1. The summed E-state index contributed by atoms with van der Waals surface area (Å²) in [6, 6.07) is 8.80. The lowest BCUT2D eigenvalue weighted by atomic mass is 10.1. The maximum atomic E-state index is 12.5. The van der Waals surface area contributed by atoms with Gasteiger partial charge in [-0.05, 0) is 42.8 Å². The molecule has 4 nitrogen and oxygen atoms in total. The summed E-state index contributed by atoms with van der Waals surface area (Å²) < 4.78 is 0. The number of nitrogens with zero attached hydrogens (tertiary/aromatic N) is 2. The van der Waals surface area contributed by atoms with Crippen molar-refractivity contribution in [2.45, 2.75) is 40.2 Å².